The predicted octanol–water partition coefficient (Wildman–Crippen LogP) is 3.61. The molecule has 0 bridgehead atoms. The fraction of sp³-hybridized carbons (Fsp3) is 0.280. The Hall–Kier alpha value is -3.56. The van der Waals surface area contributed by atoms with Crippen molar-refractivity contribution in [1.29, 1.82) is 0 Å². The first-order valence-electron chi connectivity index (χ1n) is 11.2. The number of amides is 1. The molecule has 1 amide bonds. The SMILES string of the molecule is Cc1ccc(C)c(NC(=O)Cn2nc(-c3ccccc3)c3sc(N4CCOCC4)nc3c2=O)c1. The number of benzene rings is 2. The van der Waals surface area contributed by atoms with Crippen molar-refractivity contribution in [2.45, 2.75) is 20.4 Å². The molecular formula is C25H25N5O3S. The summed E-state index contributed by atoms with van der Waals surface area (Å²) in [6, 6.07) is 15.5. The summed E-state index contributed by atoms with van der Waals surface area (Å²) < 4.78 is 7.39. The Balaban J connectivity index is 1.55. The highest BCUT2D eigenvalue weighted by molar-refractivity contribution is 7.22. The maximum atomic E-state index is 13.3. The number of nitrogens with one attached hydrogen (secondary N) is 1. The first-order valence-corrected chi connectivity index (χ1v) is 12.0. The van der Waals surface area contributed by atoms with Gasteiger partial charge in [-0.3, -0.25) is 9.59 Å². The quantitative estimate of drug-likeness (QED) is 0.474. The Morgan fingerprint density at radius 2 is 1.88 bits per heavy atom. The predicted molar refractivity (Wildman–Crippen MR) is 135 cm³/mol. The lowest BCUT2D eigenvalue weighted by Crippen LogP contribution is -2.36. The molecule has 0 spiro atoms. The van der Waals surface area contributed by atoms with E-state index in [-0.39, 0.29) is 18.0 Å². The first kappa shape index (κ1) is 22.2. The molecule has 3 heterocycles. The van der Waals surface area contributed by atoms with Gasteiger partial charge in [-0.2, -0.15) is 5.10 Å². The largest absolute Gasteiger partial charge is 0.378 e. The summed E-state index contributed by atoms with van der Waals surface area (Å²) in [5, 5.41) is 8.30. The van der Waals surface area contributed by atoms with Crippen LogP contribution in [-0.4, -0.2) is 47.0 Å². The number of thiazole rings is 1. The van der Waals surface area contributed by atoms with Gasteiger partial charge in [-0.25, -0.2) is 9.67 Å². The molecule has 2 aromatic heterocycles. The number of anilines is 2. The summed E-state index contributed by atoms with van der Waals surface area (Å²) in [4.78, 5) is 33.0. The first-order chi connectivity index (χ1) is 16.5. The lowest BCUT2D eigenvalue weighted by molar-refractivity contribution is -0.117. The highest BCUT2D eigenvalue weighted by atomic mass is 32.1. The van der Waals surface area contributed by atoms with Crippen LogP contribution in [-0.2, 0) is 16.1 Å². The van der Waals surface area contributed by atoms with Crippen LogP contribution in [0.15, 0.2) is 53.3 Å². The van der Waals surface area contributed by atoms with Crippen molar-refractivity contribution in [3.05, 3.63) is 70.0 Å². The van der Waals surface area contributed by atoms with Gasteiger partial charge in [0.25, 0.3) is 5.56 Å². The molecule has 4 aromatic rings. The molecule has 1 aliphatic heterocycles. The molecule has 0 atom stereocenters. The van der Waals surface area contributed by atoms with E-state index in [0.29, 0.717) is 24.4 Å². The third-order valence-corrected chi connectivity index (χ3v) is 6.90. The number of nitrogens with zero attached hydrogens (tertiary/aromatic N) is 4. The number of carbonyl (C=O) groups is 1. The normalized spacial score (nSPS) is 13.9. The second-order valence-electron chi connectivity index (χ2n) is 8.32. The summed E-state index contributed by atoms with van der Waals surface area (Å²) in [6.07, 6.45) is 0. The number of aromatic nitrogens is 3. The number of fused-ring (bicyclic) bond motifs is 1. The maximum absolute atomic E-state index is 13.3. The standard InChI is InChI=1S/C25H25N5O3S/c1-16-8-9-17(2)19(14-16)26-20(31)15-30-24(32)22-23(21(28-30)18-6-4-3-5-7-18)34-25(27-22)29-10-12-33-13-11-29/h3-9,14H,10-13,15H2,1-2H3,(H,26,31). The molecule has 1 N–H and O–H groups in total. The number of hydrogen-bond donors (Lipinski definition) is 1. The summed E-state index contributed by atoms with van der Waals surface area (Å²) in [7, 11) is 0. The molecule has 0 radical (unpaired) electrons. The molecule has 2 aromatic carbocycles. The van der Waals surface area contributed by atoms with E-state index in [1.54, 1.807) is 0 Å². The average Bonchev–Trinajstić information content (AvgIpc) is 3.30. The van der Waals surface area contributed by atoms with E-state index in [9.17, 15) is 9.59 Å². The van der Waals surface area contributed by atoms with Gasteiger partial charge in [0.1, 0.15) is 12.2 Å². The summed E-state index contributed by atoms with van der Waals surface area (Å²) in [5.41, 5.74) is 4.20. The molecule has 9 heteroatoms. The van der Waals surface area contributed by atoms with E-state index in [1.807, 2.05) is 62.4 Å². The van der Waals surface area contributed by atoms with Crippen molar-refractivity contribution in [1.82, 2.24) is 14.8 Å². The number of aryl methyl sites for hydroxylation is 2. The van der Waals surface area contributed by atoms with Crippen LogP contribution in [0, 0.1) is 13.8 Å². The van der Waals surface area contributed by atoms with E-state index in [1.165, 1.54) is 16.0 Å². The number of morpholine rings is 1. The van der Waals surface area contributed by atoms with E-state index in [4.69, 9.17) is 4.74 Å². The molecule has 0 aliphatic carbocycles. The van der Waals surface area contributed by atoms with Gasteiger partial charge in [-0.1, -0.05) is 53.8 Å². The smallest absolute Gasteiger partial charge is 0.294 e. The fourth-order valence-corrected chi connectivity index (χ4v) is 5.04. The second-order valence-corrected chi connectivity index (χ2v) is 9.30. The zero-order valence-electron chi connectivity index (χ0n) is 19.1. The Morgan fingerprint density at radius 3 is 2.65 bits per heavy atom. The summed E-state index contributed by atoms with van der Waals surface area (Å²) in [5.74, 6) is -0.315. The number of hydrogen-bond acceptors (Lipinski definition) is 7. The Labute approximate surface area is 200 Å². The molecule has 5 rings (SSSR count). The average molecular weight is 476 g/mol. The highest BCUT2D eigenvalue weighted by Gasteiger charge is 2.22. The molecule has 1 fully saturated rings. The van der Waals surface area contributed by atoms with Crippen molar-refractivity contribution in [3.63, 3.8) is 0 Å². The van der Waals surface area contributed by atoms with Crippen molar-refractivity contribution in [3.8, 4) is 11.3 Å². The monoisotopic (exact) mass is 475 g/mol. The van der Waals surface area contributed by atoms with Gasteiger partial charge in [0.05, 0.1) is 17.9 Å². The van der Waals surface area contributed by atoms with Gasteiger partial charge in [0.2, 0.25) is 5.91 Å². The van der Waals surface area contributed by atoms with E-state index in [0.717, 1.165) is 45.3 Å². The van der Waals surface area contributed by atoms with Crippen molar-refractivity contribution in [2.24, 2.45) is 0 Å². The minimum atomic E-state index is -0.374. The van der Waals surface area contributed by atoms with Crippen LogP contribution in [0.1, 0.15) is 11.1 Å². The molecule has 34 heavy (non-hydrogen) atoms. The number of ether oxygens (including phenoxy) is 1. The van der Waals surface area contributed by atoms with Gasteiger partial charge in [-0.05, 0) is 31.0 Å². The van der Waals surface area contributed by atoms with Crippen LogP contribution in [0.5, 0.6) is 0 Å². The van der Waals surface area contributed by atoms with E-state index < -0.39 is 0 Å². The van der Waals surface area contributed by atoms with Crippen molar-refractivity contribution < 1.29 is 9.53 Å². The molecule has 174 valence electrons. The van der Waals surface area contributed by atoms with Crippen LogP contribution >= 0.6 is 11.3 Å². The maximum Gasteiger partial charge on any atom is 0.294 e. The molecule has 1 aliphatic rings. The Kier molecular flexibility index (Phi) is 6.12. The topological polar surface area (TPSA) is 89.3 Å². The molecule has 1 saturated heterocycles. The summed E-state index contributed by atoms with van der Waals surface area (Å²) in [6.45, 7) is 6.40. The third kappa shape index (κ3) is 4.44. The minimum Gasteiger partial charge on any atom is -0.378 e. The fourth-order valence-electron chi connectivity index (χ4n) is 3.93. The van der Waals surface area contributed by atoms with Gasteiger partial charge in [0.15, 0.2) is 10.6 Å². The molecular weight excluding hydrogens is 450 g/mol. The van der Waals surface area contributed by atoms with Crippen molar-refractivity contribution >= 4 is 38.3 Å². The van der Waals surface area contributed by atoms with Crippen molar-refractivity contribution in [2.75, 3.05) is 36.5 Å². The molecule has 8 nitrogen and oxygen atoms in total. The zero-order chi connectivity index (χ0) is 23.7. The lowest BCUT2D eigenvalue weighted by atomic mass is 10.1. The Morgan fingerprint density at radius 1 is 1.12 bits per heavy atom. The molecule has 0 unspecified atom stereocenters. The van der Waals surface area contributed by atoms with Gasteiger partial charge >= 0.3 is 0 Å². The van der Waals surface area contributed by atoms with E-state index >= 15 is 0 Å². The second kappa shape index (κ2) is 9.36. The van der Waals surface area contributed by atoms with Crippen LogP contribution in [0.4, 0.5) is 10.8 Å². The third-order valence-electron chi connectivity index (χ3n) is 5.78. The molecule has 0 saturated carbocycles. The Bertz CT molecular complexity index is 1410. The zero-order valence-corrected chi connectivity index (χ0v) is 19.9. The van der Waals surface area contributed by atoms with Crippen LogP contribution in [0.3, 0.4) is 0 Å². The van der Waals surface area contributed by atoms with Gasteiger partial charge in [-0.15, -0.1) is 0 Å². The number of carbonyl (C=O) groups excluding carboxylic acids is 1. The number of rotatable bonds is 5. The van der Waals surface area contributed by atoms with Gasteiger partial charge < -0.3 is 15.0 Å². The highest BCUT2D eigenvalue weighted by Crippen LogP contribution is 2.34. The van der Waals surface area contributed by atoms with Crippen LogP contribution < -0.4 is 15.8 Å². The van der Waals surface area contributed by atoms with Gasteiger partial charge in [0, 0.05) is 24.3 Å². The lowest BCUT2D eigenvalue weighted by Gasteiger charge is -2.25. The van der Waals surface area contributed by atoms with Crippen LogP contribution in [0.25, 0.3) is 21.5 Å². The minimum absolute atomic E-state index is 0.202. The van der Waals surface area contributed by atoms with E-state index in [2.05, 4.69) is 20.3 Å². The summed E-state index contributed by atoms with van der Waals surface area (Å²) >= 11 is 1.46. The van der Waals surface area contributed by atoms with Crippen LogP contribution in [0.2, 0.25) is 0 Å².